The molecular formula is C29H21N3O3S. The van der Waals surface area contributed by atoms with E-state index < -0.39 is 11.1 Å². The number of rotatable bonds is 6. The molecule has 0 radical (unpaired) electrons. The monoisotopic (exact) mass is 491 g/mol. The average Bonchev–Trinajstić information content (AvgIpc) is 3.36. The fourth-order valence-corrected chi connectivity index (χ4v) is 4.98. The Morgan fingerprint density at radius 1 is 1.00 bits per heavy atom. The highest BCUT2D eigenvalue weighted by Gasteiger charge is 2.36. The van der Waals surface area contributed by atoms with E-state index in [-0.39, 0.29) is 17.2 Å². The van der Waals surface area contributed by atoms with E-state index in [1.165, 1.54) is 0 Å². The van der Waals surface area contributed by atoms with Gasteiger partial charge in [-0.25, -0.2) is 0 Å². The molecule has 0 aliphatic carbocycles. The van der Waals surface area contributed by atoms with E-state index in [9.17, 15) is 14.4 Å². The molecule has 176 valence electrons. The van der Waals surface area contributed by atoms with Crippen molar-refractivity contribution < 1.29 is 14.4 Å². The second kappa shape index (κ2) is 9.68. The van der Waals surface area contributed by atoms with Gasteiger partial charge in [0, 0.05) is 34.8 Å². The van der Waals surface area contributed by atoms with Gasteiger partial charge in [-0.3, -0.25) is 19.3 Å². The number of ketones is 1. The van der Waals surface area contributed by atoms with Gasteiger partial charge in [0.15, 0.2) is 5.78 Å². The third-order valence-electron chi connectivity index (χ3n) is 6.09. The van der Waals surface area contributed by atoms with Gasteiger partial charge < -0.3 is 4.57 Å². The van der Waals surface area contributed by atoms with E-state index in [4.69, 9.17) is 5.26 Å². The number of imide groups is 1. The van der Waals surface area contributed by atoms with Crippen molar-refractivity contribution in [3.8, 4) is 6.07 Å². The van der Waals surface area contributed by atoms with Crippen molar-refractivity contribution in [2.75, 3.05) is 6.54 Å². The van der Waals surface area contributed by atoms with Crippen LogP contribution in [0.1, 0.15) is 32.6 Å². The number of aromatic nitrogens is 1. The molecule has 0 N–H and O–H groups in total. The van der Waals surface area contributed by atoms with Crippen molar-refractivity contribution in [2.24, 2.45) is 0 Å². The molecule has 1 aliphatic rings. The lowest BCUT2D eigenvalue weighted by Gasteiger charge is -2.11. The van der Waals surface area contributed by atoms with Crippen LogP contribution in [0.5, 0.6) is 0 Å². The number of carbonyl (C=O) groups is 3. The number of carbonyl (C=O) groups excluding carboxylic acids is 3. The number of Topliss-reactive ketones (excluding diaryl/α,β-unsaturated/α-hetero) is 1. The summed E-state index contributed by atoms with van der Waals surface area (Å²) >= 11 is 0.849. The Labute approximate surface area is 212 Å². The molecule has 0 spiro atoms. The van der Waals surface area contributed by atoms with E-state index in [1.54, 1.807) is 30.3 Å². The highest BCUT2D eigenvalue weighted by molar-refractivity contribution is 8.18. The third kappa shape index (κ3) is 4.59. The fourth-order valence-electron chi connectivity index (χ4n) is 4.15. The highest BCUT2D eigenvalue weighted by atomic mass is 32.2. The van der Waals surface area contributed by atoms with Crippen molar-refractivity contribution >= 4 is 45.7 Å². The Kier molecular flexibility index (Phi) is 6.28. The molecule has 3 aromatic carbocycles. The summed E-state index contributed by atoms with van der Waals surface area (Å²) in [7, 11) is 0. The summed E-state index contributed by atoms with van der Waals surface area (Å²) in [4.78, 5) is 39.6. The first-order valence-corrected chi connectivity index (χ1v) is 12.2. The molecule has 1 saturated heterocycles. The van der Waals surface area contributed by atoms with Gasteiger partial charge in [0.2, 0.25) is 0 Å². The topological polar surface area (TPSA) is 83.2 Å². The van der Waals surface area contributed by atoms with Crippen molar-refractivity contribution in [1.82, 2.24) is 9.47 Å². The molecule has 2 amide bonds. The smallest absolute Gasteiger partial charge is 0.293 e. The Bertz CT molecular complexity index is 1580. The zero-order valence-corrected chi connectivity index (χ0v) is 20.3. The SMILES string of the molecule is Cc1ccc(C(=O)CN2C(=O)S/C(=C\c3cn(Cc4ccc(C#N)cc4)c4ccccc34)C2=O)cc1. The zero-order valence-electron chi connectivity index (χ0n) is 19.5. The van der Waals surface area contributed by atoms with Crippen molar-refractivity contribution in [3.63, 3.8) is 0 Å². The second-order valence-corrected chi connectivity index (χ2v) is 9.59. The Morgan fingerprint density at radius 3 is 2.44 bits per heavy atom. The first kappa shape index (κ1) is 23.3. The van der Waals surface area contributed by atoms with Crippen LogP contribution in [-0.4, -0.2) is 32.9 Å². The van der Waals surface area contributed by atoms with E-state index in [1.807, 2.05) is 61.7 Å². The van der Waals surface area contributed by atoms with Gasteiger partial charge in [-0.2, -0.15) is 5.26 Å². The van der Waals surface area contributed by atoms with Crippen LogP contribution in [0.3, 0.4) is 0 Å². The lowest BCUT2D eigenvalue weighted by atomic mass is 10.1. The molecule has 0 saturated carbocycles. The van der Waals surface area contributed by atoms with Crippen LogP contribution in [0.2, 0.25) is 0 Å². The van der Waals surface area contributed by atoms with Gasteiger partial charge in [-0.05, 0) is 48.5 Å². The maximum absolute atomic E-state index is 13.1. The number of hydrogen-bond donors (Lipinski definition) is 0. The number of benzene rings is 3. The summed E-state index contributed by atoms with van der Waals surface area (Å²) in [5.74, 6) is -0.744. The molecular weight excluding hydrogens is 470 g/mol. The standard InChI is InChI=1S/C29H21N3O3S/c1-19-6-12-22(13-7-19)26(33)18-32-28(34)27(36-29(32)35)14-23-17-31(25-5-3-2-4-24(23)25)16-21-10-8-20(15-30)9-11-21/h2-14,17H,16,18H2,1H3/b27-14-. The van der Waals surface area contributed by atoms with Crippen LogP contribution in [0.4, 0.5) is 4.79 Å². The summed E-state index contributed by atoms with van der Waals surface area (Å²) in [6.07, 6.45) is 3.67. The molecule has 7 heteroatoms. The predicted molar refractivity (Wildman–Crippen MR) is 140 cm³/mol. The largest absolute Gasteiger partial charge is 0.342 e. The molecule has 0 bridgehead atoms. The molecule has 6 nitrogen and oxygen atoms in total. The molecule has 1 aliphatic heterocycles. The van der Waals surface area contributed by atoms with Crippen LogP contribution in [-0.2, 0) is 11.3 Å². The number of nitriles is 1. The molecule has 2 heterocycles. The van der Waals surface area contributed by atoms with Gasteiger partial charge in [-0.1, -0.05) is 60.2 Å². The van der Waals surface area contributed by atoms with E-state index in [0.29, 0.717) is 17.7 Å². The van der Waals surface area contributed by atoms with Crippen molar-refractivity contribution in [2.45, 2.75) is 13.5 Å². The van der Waals surface area contributed by atoms with E-state index in [2.05, 4.69) is 10.6 Å². The normalized spacial score (nSPS) is 14.6. The molecule has 0 unspecified atom stereocenters. The fraction of sp³-hybridized carbons (Fsp3) is 0.103. The quantitative estimate of drug-likeness (QED) is 0.252. The number of amides is 2. The van der Waals surface area contributed by atoms with Crippen LogP contribution in [0.15, 0.2) is 83.9 Å². The molecule has 36 heavy (non-hydrogen) atoms. The Hall–Kier alpha value is -4.41. The lowest BCUT2D eigenvalue weighted by molar-refractivity contribution is -0.122. The highest BCUT2D eigenvalue weighted by Crippen LogP contribution is 2.34. The molecule has 5 rings (SSSR count). The van der Waals surface area contributed by atoms with Crippen molar-refractivity contribution in [3.05, 3.63) is 112 Å². The maximum atomic E-state index is 13.1. The van der Waals surface area contributed by atoms with Gasteiger partial charge >= 0.3 is 0 Å². The van der Waals surface area contributed by atoms with Crippen LogP contribution < -0.4 is 0 Å². The van der Waals surface area contributed by atoms with E-state index >= 15 is 0 Å². The second-order valence-electron chi connectivity index (χ2n) is 8.60. The summed E-state index contributed by atoms with van der Waals surface area (Å²) < 4.78 is 2.08. The van der Waals surface area contributed by atoms with Crippen LogP contribution >= 0.6 is 11.8 Å². The first-order valence-electron chi connectivity index (χ1n) is 11.3. The summed E-state index contributed by atoms with van der Waals surface area (Å²) in [6, 6.07) is 24.5. The zero-order chi connectivity index (χ0) is 25.2. The predicted octanol–water partition coefficient (Wildman–Crippen LogP) is 5.79. The maximum Gasteiger partial charge on any atom is 0.293 e. The number of thioether (sulfide) groups is 1. The minimum Gasteiger partial charge on any atom is -0.342 e. The number of aryl methyl sites for hydroxylation is 1. The molecule has 0 atom stereocenters. The number of fused-ring (bicyclic) bond motifs is 1. The van der Waals surface area contributed by atoms with Gasteiger partial charge in [-0.15, -0.1) is 0 Å². The minimum atomic E-state index is -0.464. The minimum absolute atomic E-state index is 0.280. The number of hydrogen-bond acceptors (Lipinski definition) is 5. The summed E-state index contributed by atoms with van der Waals surface area (Å²) in [6.45, 7) is 2.23. The first-order chi connectivity index (χ1) is 17.4. The van der Waals surface area contributed by atoms with Gasteiger partial charge in [0.1, 0.15) is 0 Å². The molecule has 1 aromatic heterocycles. The van der Waals surface area contributed by atoms with Crippen LogP contribution in [0, 0.1) is 18.3 Å². The molecule has 4 aromatic rings. The summed E-state index contributed by atoms with van der Waals surface area (Å²) in [5, 5.41) is 9.54. The van der Waals surface area contributed by atoms with Crippen molar-refractivity contribution in [1.29, 1.82) is 5.26 Å². The number of nitrogens with zero attached hydrogens (tertiary/aromatic N) is 3. The number of para-hydroxylation sites is 1. The average molecular weight is 492 g/mol. The van der Waals surface area contributed by atoms with Gasteiger partial charge in [0.25, 0.3) is 11.1 Å². The third-order valence-corrected chi connectivity index (χ3v) is 7.00. The lowest BCUT2D eigenvalue weighted by Crippen LogP contribution is -2.33. The van der Waals surface area contributed by atoms with Gasteiger partial charge in [0.05, 0.1) is 23.1 Å². The summed E-state index contributed by atoms with van der Waals surface area (Å²) in [5.41, 5.74) is 4.94. The Morgan fingerprint density at radius 2 is 1.72 bits per heavy atom. The van der Waals surface area contributed by atoms with E-state index in [0.717, 1.165) is 44.3 Å². The Balaban J connectivity index is 1.41. The molecule has 1 fully saturated rings. The van der Waals surface area contributed by atoms with Crippen LogP contribution in [0.25, 0.3) is 17.0 Å².